The first-order valence-electron chi connectivity index (χ1n) is 7.17. The summed E-state index contributed by atoms with van der Waals surface area (Å²) in [5.74, 6) is 0.948. The lowest BCUT2D eigenvalue weighted by Gasteiger charge is -2.20. The van der Waals surface area contributed by atoms with E-state index in [2.05, 4.69) is 11.9 Å². The van der Waals surface area contributed by atoms with E-state index in [1.54, 1.807) is 0 Å². The van der Waals surface area contributed by atoms with E-state index < -0.39 is 0 Å². The molecule has 18 heavy (non-hydrogen) atoms. The minimum Gasteiger partial charge on any atom is -0.375 e. The van der Waals surface area contributed by atoms with E-state index in [-0.39, 0.29) is 5.91 Å². The second kappa shape index (κ2) is 9.15. The predicted octanol–water partition coefficient (Wildman–Crippen LogP) is 3.06. The van der Waals surface area contributed by atoms with Crippen molar-refractivity contribution in [1.82, 2.24) is 5.32 Å². The third-order valence-corrected chi connectivity index (χ3v) is 3.42. The monoisotopic (exact) mass is 253 g/mol. The summed E-state index contributed by atoms with van der Waals surface area (Å²) in [4.78, 5) is 11.6. The van der Waals surface area contributed by atoms with Gasteiger partial charge in [-0.15, -0.1) is 0 Å². The average Bonchev–Trinajstić information content (AvgIpc) is 2.37. The third-order valence-electron chi connectivity index (χ3n) is 3.42. The molecular weight excluding hydrogens is 226 g/mol. The van der Waals surface area contributed by atoms with Crippen LogP contribution >= 0.6 is 0 Å². The summed E-state index contributed by atoms with van der Waals surface area (Å²) in [6.45, 7) is 7.45. The zero-order chi connectivity index (χ0) is 13.2. The van der Waals surface area contributed by atoms with Crippen molar-refractivity contribution in [2.24, 2.45) is 5.92 Å². The molecule has 1 fully saturated rings. The third kappa shape index (κ3) is 7.49. The average molecular weight is 253 g/mol. The maximum atomic E-state index is 11.6. The summed E-state index contributed by atoms with van der Waals surface area (Å²) in [7, 11) is 0. The maximum absolute atomic E-state index is 11.6. The van der Waals surface area contributed by atoms with Gasteiger partial charge in [0, 0.05) is 13.0 Å². The highest BCUT2D eigenvalue weighted by molar-refractivity contribution is 5.75. The quantitative estimate of drug-likeness (QED) is 0.533. The van der Waals surface area contributed by atoms with Crippen molar-refractivity contribution in [2.75, 3.05) is 19.8 Å². The Balaban J connectivity index is 1.94. The Morgan fingerprint density at radius 1 is 1.33 bits per heavy atom. The Morgan fingerprint density at radius 2 is 2.06 bits per heavy atom. The molecule has 1 rings (SSSR count). The minimum absolute atomic E-state index is 0.166. The zero-order valence-electron chi connectivity index (χ0n) is 11.7. The first kappa shape index (κ1) is 15.2. The van der Waals surface area contributed by atoms with Crippen LogP contribution < -0.4 is 5.32 Å². The molecule has 0 unspecified atom stereocenters. The molecule has 0 aliphatic heterocycles. The minimum atomic E-state index is 0.166. The Morgan fingerprint density at radius 3 is 2.72 bits per heavy atom. The molecule has 0 heterocycles. The molecule has 3 nitrogen and oxygen atoms in total. The highest BCUT2D eigenvalue weighted by Gasteiger charge is 2.14. The van der Waals surface area contributed by atoms with Crippen LogP contribution in [0.25, 0.3) is 0 Å². The number of carbonyl (C=O) groups excluding carboxylic acids is 1. The van der Waals surface area contributed by atoms with E-state index in [9.17, 15) is 4.79 Å². The van der Waals surface area contributed by atoms with Crippen molar-refractivity contribution in [1.29, 1.82) is 0 Å². The lowest BCUT2D eigenvalue weighted by molar-refractivity contribution is -0.121. The Hall–Kier alpha value is -0.830. The summed E-state index contributed by atoms with van der Waals surface area (Å²) < 4.78 is 5.33. The molecule has 0 aromatic carbocycles. The van der Waals surface area contributed by atoms with Gasteiger partial charge < -0.3 is 10.1 Å². The standard InChI is InChI=1S/C15H27NO2/c1-13(2)12-18-11-10-16-15(17)9-8-14-6-4-3-5-7-14/h14H,1,3-12H2,2H3,(H,16,17). The van der Waals surface area contributed by atoms with Gasteiger partial charge in [0.1, 0.15) is 0 Å². The molecule has 0 aromatic rings. The first-order valence-corrected chi connectivity index (χ1v) is 7.17. The summed E-state index contributed by atoms with van der Waals surface area (Å²) in [5.41, 5.74) is 1.01. The van der Waals surface area contributed by atoms with Crippen LogP contribution in [0, 0.1) is 5.92 Å². The largest absolute Gasteiger partial charge is 0.375 e. The highest BCUT2D eigenvalue weighted by Crippen LogP contribution is 2.27. The molecule has 1 aliphatic carbocycles. The van der Waals surface area contributed by atoms with Crippen molar-refractivity contribution in [3.05, 3.63) is 12.2 Å². The fraction of sp³-hybridized carbons (Fsp3) is 0.800. The highest BCUT2D eigenvalue weighted by atomic mass is 16.5. The van der Waals surface area contributed by atoms with Gasteiger partial charge in [-0.1, -0.05) is 44.3 Å². The lowest BCUT2D eigenvalue weighted by atomic mass is 9.86. The molecule has 104 valence electrons. The van der Waals surface area contributed by atoms with Crippen molar-refractivity contribution in [3.8, 4) is 0 Å². The van der Waals surface area contributed by atoms with E-state index in [0.717, 1.165) is 17.9 Å². The van der Waals surface area contributed by atoms with Crippen LogP contribution in [-0.4, -0.2) is 25.7 Å². The molecule has 3 heteroatoms. The van der Waals surface area contributed by atoms with Crippen molar-refractivity contribution in [3.63, 3.8) is 0 Å². The van der Waals surface area contributed by atoms with E-state index in [1.807, 2.05) is 6.92 Å². The summed E-state index contributed by atoms with van der Waals surface area (Å²) in [6.07, 6.45) is 8.43. The van der Waals surface area contributed by atoms with E-state index in [1.165, 1.54) is 32.1 Å². The lowest BCUT2D eigenvalue weighted by Crippen LogP contribution is -2.27. The fourth-order valence-electron chi connectivity index (χ4n) is 2.41. The van der Waals surface area contributed by atoms with Crippen LogP contribution in [0.3, 0.4) is 0 Å². The maximum Gasteiger partial charge on any atom is 0.220 e. The molecule has 1 N–H and O–H groups in total. The molecule has 0 saturated heterocycles. The molecule has 1 aliphatic rings. The van der Waals surface area contributed by atoms with E-state index >= 15 is 0 Å². The van der Waals surface area contributed by atoms with Gasteiger partial charge in [0.05, 0.1) is 13.2 Å². The van der Waals surface area contributed by atoms with Gasteiger partial charge in [-0.25, -0.2) is 0 Å². The van der Waals surface area contributed by atoms with Gasteiger partial charge in [0.15, 0.2) is 0 Å². The number of nitrogens with one attached hydrogen (secondary N) is 1. The van der Waals surface area contributed by atoms with Crippen LogP contribution in [0.4, 0.5) is 0 Å². The number of ether oxygens (including phenoxy) is 1. The summed E-state index contributed by atoms with van der Waals surface area (Å²) in [6, 6.07) is 0. The molecule has 1 saturated carbocycles. The van der Waals surface area contributed by atoms with Gasteiger partial charge in [0.25, 0.3) is 0 Å². The fourth-order valence-corrected chi connectivity index (χ4v) is 2.41. The normalized spacial score (nSPS) is 16.5. The van der Waals surface area contributed by atoms with Crippen LogP contribution in [0.2, 0.25) is 0 Å². The molecule has 1 amide bonds. The van der Waals surface area contributed by atoms with Crippen molar-refractivity contribution in [2.45, 2.75) is 51.9 Å². The van der Waals surface area contributed by atoms with Crippen molar-refractivity contribution < 1.29 is 9.53 Å². The number of carbonyl (C=O) groups is 1. The van der Waals surface area contributed by atoms with E-state index in [4.69, 9.17) is 4.74 Å². The van der Waals surface area contributed by atoms with E-state index in [0.29, 0.717) is 26.2 Å². The van der Waals surface area contributed by atoms with Gasteiger partial charge in [-0.3, -0.25) is 4.79 Å². The molecule has 0 aromatic heterocycles. The second-order valence-corrected chi connectivity index (χ2v) is 5.40. The van der Waals surface area contributed by atoms with Crippen LogP contribution in [0.15, 0.2) is 12.2 Å². The van der Waals surface area contributed by atoms with Gasteiger partial charge in [-0.05, 0) is 19.3 Å². The van der Waals surface area contributed by atoms with Crippen LogP contribution in [0.1, 0.15) is 51.9 Å². The van der Waals surface area contributed by atoms with Gasteiger partial charge in [-0.2, -0.15) is 0 Å². The summed E-state index contributed by atoms with van der Waals surface area (Å²) in [5, 5.41) is 2.90. The number of amides is 1. The van der Waals surface area contributed by atoms with Gasteiger partial charge >= 0.3 is 0 Å². The Bertz CT molecular complexity index is 257. The van der Waals surface area contributed by atoms with Crippen molar-refractivity contribution >= 4 is 5.91 Å². The Labute approximate surface area is 111 Å². The molecule has 0 atom stereocenters. The predicted molar refractivity (Wildman–Crippen MR) is 74.5 cm³/mol. The topological polar surface area (TPSA) is 38.3 Å². The number of hydrogen-bond acceptors (Lipinski definition) is 2. The molecular formula is C15H27NO2. The summed E-state index contributed by atoms with van der Waals surface area (Å²) >= 11 is 0. The number of hydrogen-bond donors (Lipinski definition) is 1. The van der Waals surface area contributed by atoms with Gasteiger partial charge in [0.2, 0.25) is 5.91 Å². The van der Waals surface area contributed by atoms with Crippen LogP contribution in [-0.2, 0) is 9.53 Å². The van der Waals surface area contributed by atoms with Crippen LogP contribution in [0.5, 0.6) is 0 Å². The Kier molecular flexibility index (Phi) is 7.74. The second-order valence-electron chi connectivity index (χ2n) is 5.40. The zero-order valence-corrected chi connectivity index (χ0v) is 11.7. The SMILES string of the molecule is C=C(C)COCCNC(=O)CCC1CCCCC1. The first-order chi connectivity index (χ1) is 8.68. The molecule has 0 radical (unpaired) electrons. The molecule has 0 spiro atoms. The number of rotatable bonds is 8. The molecule has 0 bridgehead atoms. The smallest absolute Gasteiger partial charge is 0.220 e.